The number of hydrogen-bond acceptors (Lipinski definition) is 2. The Morgan fingerprint density at radius 3 is 2.18 bits per heavy atom. The van der Waals surface area contributed by atoms with Crippen molar-refractivity contribution in [3.63, 3.8) is 0 Å². The highest BCUT2D eigenvalue weighted by Gasteiger charge is 2.16. The highest BCUT2D eigenvalue weighted by Crippen LogP contribution is 2.38. The molecule has 0 heterocycles. The van der Waals surface area contributed by atoms with E-state index >= 15 is 0 Å². The molecular weight excluding hydrogens is 226 g/mol. The molecule has 0 amide bonds. The zero-order valence-corrected chi connectivity index (χ0v) is 9.08. The van der Waals surface area contributed by atoms with E-state index in [4.69, 9.17) is 4.74 Å². The molecule has 0 bridgehead atoms. The number of halogens is 2. The van der Waals surface area contributed by atoms with E-state index in [0.29, 0.717) is 0 Å². The second kappa shape index (κ2) is 4.41. The lowest BCUT2D eigenvalue weighted by atomic mass is 10.0. The Morgan fingerprint density at radius 1 is 1.00 bits per heavy atom. The number of ether oxygens (including phenoxy) is 1. The summed E-state index contributed by atoms with van der Waals surface area (Å²) in [7, 11) is 1.37. The standard InChI is InChI=1S/C13H10F2O2/c1-17-11-7-2-4-8(13(11)16)12-9(14)5-3-6-10(12)15/h2-7,16H,1H3. The van der Waals surface area contributed by atoms with Gasteiger partial charge in [0.2, 0.25) is 0 Å². The lowest BCUT2D eigenvalue weighted by molar-refractivity contribution is 0.374. The van der Waals surface area contributed by atoms with Gasteiger partial charge in [-0.3, -0.25) is 0 Å². The van der Waals surface area contributed by atoms with Crippen molar-refractivity contribution >= 4 is 0 Å². The molecule has 0 aliphatic carbocycles. The summed E-state index contributed by atoms with van der Waals surface area (Å²) in [5.41, 5.74) is -0.191. The monoisotopic (exact) mass is 236 g/mol. The van der Waals surface area contributed by atoms with Crippen molar-refractivity contribution in [1.29, 1.82) is 0 Å². The lowest BCUT2D eigenvalue weighted by Gasteiger charge is -2.10. The summed E-state index contributed by atoms with van der Waals surface area (Å²) in [6.45, 7) is 0. The molecule has 0 aliphatic rings. The van der Waals surface area contributed by atoms with Crippen LogP contribution in [-0.2, 0) is 0 Å². The highest BCUT2D eigenvalue weighted by atomic mass is 19.1. The third-order valence-electron chi connectivity index (χ3n) is 2.45. The zero-order valence-electron chi connectivity index (χ0n) is 9.08. The molecule has 2 nitrogen and oxygen atoms in total. The maximum Gasteiger partial charge on any atom is 0.165 e. The first-order chi connectivity index (χ1) is 8.15. The molecule has 17 heavy (non-hydrogen) atoms. The summed E-state index contributed by atoms with van der Waals surface area (Å²) in [6.07, 6.45) is 0. The Kier molecular flexibility index (Phi) is 2.95. The van der Waals surface area contributed by atoms with Gasteiger partial charge in [-0.15, -0.1) is 0 Å². The van der Waals surface area contributed by atoms with Gasteiger partial charge in [0, 0.05) is 5.56 Å². The van der Waals surface area contributed by atoms with Crippen LogP contribution in [0.5, 0.6) is 11.5 Å². The average Bonchev–Trinajstić information content (AvgIpc) is 2.31. The van der Waals surface area contributed by atoms with Gasteiger partial charge >= 0.3 is 0 Å². The Morgan fingerprint density at radius 2 is 1.59 bits per heavy atom. The van der Waals surface area contributed by atoms with Crippen molar-refractivity contribution < 1.29 is 18.6 Å². The minimum atomic E-state index is -0.728. The Bertz CT molecular complexity index is 533. The van der Waals surface area contributed by atoms with E-state index in [1.807, 2.05) is 0 Å². The third kappa shape index (κ3) is 1.93. The second-order valence-electron chi connectivity index (χ2n) is 3.45. The van der Waals surface area contributed by atoms with Crippen LogP contribution >= 0.6 is 0 Å². The maximum absolute atomic E-state index is 13.6. The van der Waals surface area contributed by atoms with Crippen LogP contribution in [-0.4, -0.2) is 12.2 Å². The lowest BCUT2D eigenvalue weighted by Crippen LogP contribution is -1.92. The number of rotatable bonds is 2. The Hall–Kier alpha value is -2.10. The van der Waals surface area contributed by atoms with E-state index < -0.39 is 11.6 Å². The van der Waals surface area contributed by atoms with Crippen LogP contribution < -0.4 is 4.74 Å². The number of phenolic OH excluding ortho intramolecular Hbond substituents is 1. The van der Waals surface area contributed by atoms with Crippen LogP contribution in [0.3, 0.4) is 0 Å². The van der Waals surface area contributed by atoms with Crippen molar-refractivity contribution in [2.24, 2.45) is 0 Å². The van der Waals surface area contributed by atoms with Gasteiger partial charge in [-0.2, -0.15) is 0 Å². The third-order valence-corrected chi connectivity index (χ3v) is 2.45. The normalized spacial score (nSPS) is 10.3. The molecule has 0 unspecified atom stereocenters. The Labute approximate surface area is 97.1 Å². The first kappa shape index (κ1) is 11.4. The fraction of sp³-hybridized carbons (Fsp3) is 0.0769. The van der Waals surface area contributed by atoms with Gasteiger partial charge in [-0.1, -0.05) is 18.2 Å². The fourth-order valence-corrected chi connectivity index (χ4v) is 1.64. The predicted octanol–water partition coefficient (Wildman–Crippen LogP) is 3.35. The fourth-order valence-electron chi connectivity index (χ4n) is 1.64. The summed E-state index contributed by atoms with van der Waals surface area (Å²) in [4.78, 5) is 0. The van der Waals surface area contributed by atoms with Gasteiger partial charge in [-0.05, 0) is 18.2 Å². The molecule has 0 spiro atoms. The molecule has 0 atom stereocenters. The number of benzene rings is 2. The first-order valence-corrected chi connectivity index (χ1v) is 4.95. The molecule has 0 aliphatic heterocycles. The molecule has 0 fully saturated rings. The number of aromatic hydroxyl groups is 1. The molecule has 1 N–H and O–H groups in total. The van der Waals surface area contributed by atoms with Crippen molar-refractivity contribution in [2.75, 3.05) is 7.11 Å². The smallest absolute Gasteiger partial charge is 0.165 e. The van der Waals surface area contributed by atoms with Crippen LogP contribution in [0, 0.1) is 11.6 Å². The van der Waals surface area contributed by atoms with Gasteiger partial charge in [-0.25, -0.2) is 8.78 Å². The summed E-state index contributed by atoms with van der Waals surface area (Å²) in [6, 6.07) is 8.04. The van der Waals surface area contributed by atoms with E-state index in [1.54, 1.807) is 6.07 Å². The molecule has 2 aromatic carbocycles. The highest BCUT2D eigenvalue weighted by molar-refractivity contribution is 5.74. The molecule has 2 rings (SSSR count). The minimum Gasteiger partial charge on any atom is -0.504 e. The molecule has 0 saturated heterocycles. The topological polar surface area (TPSA) is 29.5 Å². The Balaban J connectivity index is 2.69. The van der Waals surface area contributed by atoms with E-state index in [9.17, 15) is 13.9 Å². The number of hydrogen-bond donors (Lipinski definition) is 1. The number of para-hydroxylation sites is 1. The second-order valence-corrected chi connectivity index (χ2v) is 3.45. The predicted molar refractivity (Wildman–Crippen MR) is 60.0 cm³/mol. The molecule has 0 aromatic heterocycles. The van der Waals surface area contributed by atoms with Crippen LogP contribution in [0.2, 0.25) is 0 Å². The maximum atomic E-state index is 13.6. The summed E-state index contributed by atoms with van der Waals surface area (Å²) < 4.78 is 32.0. The van der Waals surface area contributed by atoms with Crippen molar-refractivity contribution in [3.05, 3.63) is 48.0 Å². The molecular formula is C13H10F2O2. The molecule has 88 valence electrons. The molecule has 0 saturated carbocycles. The average molecular weight is 236 g/mol. The van der Waals surface area contributed by atoms with Crippen LogP contribution in [0.15, 0.2) is 36.4 Å². The minimum absolute atomic E-state index is 0.0694. The van der Waals surface area contributed by atoms with Crippen LogP contribution in [0.4, 0.5) is 8.78 Å². The summed E-state index contributed by atoms with van der Waals surface area (Å²) in [5, 5.41) is 9.83. The number of phenols is 1. The van der Waals surface area contributed by atoms with E-state index in [2.05, 4.69) is 0 Å². The first-order valence-electron chi connectivity index (χ1n) is 4.95. The van der Waals surface area contributed by atoms with Gasteiger partial charge in [0.25, 0.3) is 0 Å². The van der Waals surface area contributed by atoms with Crippen molar-refractivity contribution in [3.8, 4) is 22.6 Å². The van der Waals surface area contributed by atoms with Crippen molar-refractivity contribution in [1.82, 2.24) is 0 Å². The van der Waals surface area contributed by atoms with Gasteiger partial charge in [0.1, 0.15) is 11.6 Å². The van der Waals surface area contributed by atoms with Crippen LogP contribution in [0.25, 0.3) is 11.1 Å². The quantitative estimate of drug-likeness (QED) is 0.866. The molecule has 2 aromatic rings. The van der Waals surface area contributed by atoms with Gasteiger partial charge in [0.05, 0.1) is 12.7 Å². The van der Waals surface area contributed by atoms with E-state index in [-0.39, 0.29) is 22.6 Å². The SMILES string of the molecule is COc1cccc(-c2c(F)cccc2F)c1O. The van der Waals surface area contributed by atoms with Gasteiger partial charge in [0.15, 0.2) is 11.5 Å². The number of methoxy groups -OCH3 is 1. The van der Waals surface area contributed by atoms with E-state index in [0.717, 1.165) is 12.1 Å². The van der Waals surface area contributed by atoms with E-state index in [1.165, 1.54) is 25.3 Å². The summed E-state index contributed by atoms with van der Waals surface area (Å²) >= 11 is 0. The summed E-state index contributed by atoms with van der Waals surface area (Å²) in [5.74, 6) is -1.56. The van der Waals surface area contributed by atoms with Crippen LogP contribution in [0.1, 0.15) is 0 Å². The largest absolute Gasteiger partial charge is 0.504 e. The van der Waals surface area contributed by atoms with Crippen molar-refractivity contribution in [2.45, 2.75) is 0 Å². The molecule has 0 radical (unpaired) electrons. The molecule has 4 heteroatoms. The van der Waals surface area contributed by atoms with Gasteiger partial charge < -0.3 is 9.84 Å². The zero-order chi connectivity index (χ0) is 12.4.